The molecule has 3 aromatic carbocycles. The second-order valence-electron chi connectivity index (χ2n) is 6.93. The number of fused-ring (bicyclic) bond motifs is 1. The van der Waals surface area contributed by atoms with Gasteiger partial charge >= 0.3 is 0 Å². The molecule has 0 spiro atoms. The number of rotatable bonds is 4. The van der Waals surface area contributed by atoms with Gasteiger partial charge in [-0.1, -0.05) is 36.4 Å². The minimum Gasteiger partial charge on any atom is -0.457 e. The lowest BCUT2D eigenvalue weighted by Crippen LogP contribution is -1.98. The highest BCUT2D eigenvalue weighted by atomic mass is 16.5. The molecule has 0 amide bonds. The van der Waals surface area contributed by atoms with Crippen molar-refractivity contribution >= 4 is 11.3 Å². The molecule has 0 aliphatic rings. The number of nitrogen functional groups attached to an aromatic ring is 1. The number of hydrogen-bond donors (Lipinski definition) is 1. The van der Waals surface area contributed by atoms with Gasteiger partial charge in [0.25, 0.3) is 0 Å². The fourth-order valence-electron chi connectivity index (χ4n) is 3.49. The average Bonchev–Trinajstić information content (AvgIpc) is 3.19. The third-order valence-electron chi connectivity index (χ3n) is 4.97. The number of aromatic nitrogens is 3. The summed E-state index contributed by atoms with van der Waals surface area (Å²) in [5.41, 5.74) is 10.7. The summed E-state index contributed by atoms with van der Waals surface area (Å²) in [5.74, 6) is 1.46. The highest BCUT2D eigenvalue weighted by molar-refractivity contribution is 5.80. The smallest absolute Gasteiger partial charge is 0.174 e. The Bertz CT molecular complexity index is 1420. The molecular weight excluding hydrogens is 386 g/mol. The Morgan fingerprint density at radius 2 is 1.55 bits per heavy atom. The molecule has 148 valence electrons. The van der Waals surface area contributed by atoms with Crippen LogP contribution in [0.2, 0.25) is 0 Å². The van der Waals surface area contributed by atoms with Gasteiger partial charge in [-0.25, -0.2) is 9.50 Å². The van der Waals surface area contributed by atoms with E-state index in [1.807, 2.05) is 84.9 Å². The molecular formula is C25H17N5O. The monoisotopic (exact) mass is 403 g/mol. The first-order valence-corrected chi connectivity index (χ1v) is 9.70. The summed E-state index contributed by atoms with van der Waals surface area (Å²) in [6, 6.07) is 28.7. The van der Waals surface area contributed by atoms with Crippen molar-refractivity contribution in [2.24, 2.45) is 0 Å². The van der Waals surface area contributed by atoms with Gasteiger partial charge in [0.1, 0.15) is 28.8 Å². The summed E-state index contributed by atoms with van der Waals surface area (Å²) < 4.78 is 7.53. The number of anilines is 1. The molecule has 0 saturated carbocycles. The zero-order chi connectivity index (χ0) is 21.2. The zero-order valence-corrected chi connectivity index (χ0v) is 16.4. The Morgan fingerprint density at radius 3 is 2.29 bits per heavy atom. The molecule has 0 aliphatic carbocycles. The summed E-state index contributed by atoms with van der Waals surface area (Å²) in [6.45, 7) is 0. The van der Waals surface area contributed by atoms with Crippen LogP contribution in [0.15, 0.2) is 91.1 Å². The first-order chi connectivity index (χ1) is 15.2. The number of benzene rings is 3. The van der Waals surface area contributed by atoms with Crippen LogP contribution in [0, 0.1) is 11.3 Å². The van der Waals surface area contributed by atoms with Gasteiger partial charge in [0.2, 0.25) is 0 Å². The fraction of sp³-hybridized carbons (Fsp3) is 0. The lowest BCUT2D eigenvalue weighted by atomic mass is 10.1. The van der Waals surface area contributed by atoms with Gasteiger partial charge in [-0.2, -0.15) is 10.4 Å². The van der Waals surface area contributed by atoms with Crippen molar-refractivity contribution in [1.29, 1.82) is 5.26 Å². The number of nitrogens with two attached hydrogens (primary N) is 1. The van der Waals surface area contributed by atoms with E-state index < -0.39 is 0 Å². The van der Waals surface area contributed by atoms with E-state index in [-0.39, 0.29) is 0 Å². The van der Waals surface area contributed by atoms with E-state index in [9.17, 15) is 5.26 Å². The number of ether oxygens (including phenoxy) is 1. The van der Waals surface area contributed by atoms with Gasteiger partial charge < -0.3 is 10.5 Å². The summed E-state index contributed by atoms with van der Waals surface area (Å²) in [7, 11) is 0. The van der Waals surface area contributed by atoms with Crippen LogP contribution in [0.25, 0.3) is 28.2 Å². The number of nitriles is 1. The molecule has 2 heterocycles. The second kappa shape index (κ2) is 7.65. The lowest BCUT2D eigenvalue weighted by molar-refractivity contribution is 0.483. The van der Waals surface area contributed by atoms with E-state index in [2.05, 4.69) is 11.1 Å². The Hall–Kier alpha value is -4.63. The first kappa shape index (κ1) is 18.4. The Kier molecular flexibility index (Phi) is 4.54. The van der Waals surface area contributed by atoms with E-state index >= 15 is 0 Å². The standard InChI is InChI=1S/C25H17N5O/c26-16-21-24(17-10-12-19(13-11-17)31-18-6-2-1-3-7-18)29-30-23(14-15-28-25(21)30)20-8-4-5-9-22(20)27/h1-15H,27H2. The highest BCUT2D eigenvalue weighted by Crippen LogP contribution is 2.31. The summed E-state index contributed by atoms with van der Waals surface area (Å²) >= 11 is 0. The zero-order valence-electron chi connectivity index (χ0n) is 16.4. The lowest BCUT2D eigenvalue weighted by Gasteiger charge is -2.07. The Morgan fingerprint density at radius 1 is 0.839 bits per heavy atom. The normalized spacial score (nSPS) is 10.7. The summed E-state index contributed by atoms with van der Waals surface area (Å²) in [4.78, 5) is 4.40. The molecule has 0 atom stereocenters. The molecule has 6 nitrogen and oxygen atoms in total. The molecule has 5 rings (SSSR count). The average molecular weight is 403 g/mol. The second-order valence-corrected chi connectivity index (χ2v) is 6.93. The third kappa shape index (κ3) is 3.34. The molecule has 31 heavy (non-hydrogen) atoms. The Balaban J connectivity index is 1.58. The first-order valence-electron chi connectivity index (χ1n) is 9.70. The van der Waals surface area contributed by atoms with Crippen molar-refractivity contribution in [2.75, 3.05) is 5.73 Å². The SMILES string of the molecule is N#Cc1c(-c2ccc(Oc3ccccc3)cc2)nn2c(-c3ccccc3N)ccnc12. The predicted octanol–water partition coefficient (Wildman–Crippen LogP) is 5.31. The molecule has 0 saturated heterocycles. The maximum atomic E-state index is 9.84. The quantitative estimate of drug-likeness (QED) is 0.411. The molecule has 0 unspecified atom stereocenters. The van der Waals surface area contributed by atoms with Gasteiger partial charge in [0.15, 0.2) is 5.65 Å². The van der Waals surface area contributed by atoms with Crippen LogP contribution in [0.1, 0.15) is 5.56 Å². The van der Waals surface area contributed by atoms with Gasteiger partial charge in [-0.3, -0.25) is 0 Å². The van der Waals surface area contributed by atoms with Crippen molar-refractivity contribution in [2.45, 2.75) is 0 Å². The van der Waals surface area contributed by atoms with E-state index in [4.69, 9.17) is 15.6 Å². The van der Waals surface area contributed by atoms with Crippen LogP contribution in [-0.2, 0) is 0 Å². The van der Waals surface area contributed by atoms with Crippen molar-refractivity contribution in [1.82, 2.24) is 14.6 Å². The fourth-order valence-corrected chi connectivity index (χ4v) is 3.49. The van der Waals surface area contributed by atoms with Crippen LogP contribution in [0.4, 0.5) is 5.69 Å². The van der Waals surface area contributed by atoms with E-state index in [0.29, 0.717) is 28.3 Å². The largest absolute Gasteiger partial charge is 0.457 e. The topological polar surface area (TPSA) is 89.2 Å². The molecule has 2 N–H and O–H groups in total. The summed E-state index contributed by atoms with van der Waals surface area (Å²) in [6.07, 6.45) is 1.67. The predicted molar refractivity (Wildman–Crippen MR) is 120 cm³/mol. The molecule has 0 aliphatic heterocycles. The van der Waals surface area contributed by atoms with Crippen LogP contribution in [0.5, 0.6) is 11.5 Å². The maximum Gasteiger partial charge on any atom is 0.174 e. The van der Waals surface area contributed by atoms with Crippen LogP contribution < -0.4 is 10.5 Å². The van der Waals surface area contributed by atoms with Crippen LogP contribution in [-0.4, -0.2) is 14.6 Å². The van der Waals surface area contributed by atoms with Crippen LogP contribution >= 0.6 is 0 Å². The maximum absolute atomic E-state index is 9.84. The van der Waals surface area contributed by atoms with Gasteiger partial charge in [0.05, 0.1) is 5.69 Å². The van der Waals surface area contributed by atoms with Crippen molar-refractivity contribution in [3.63, 3.8) is 0 Å². The number of hydrogen-bond acceptors (Lipinski definition) is 5. The minimum absolute atomic E-state index is 0.410. The van der Waals surface area contributed by atoms with Gasteiger partial charge in [-0.05, 0) is 48.5 Å². The van der Waals surface area contributed by atoms with Crippen molar-refractivity contribution < 1.29 is 4.74 Å². The van der Waals surface area contributed by atoms with Crippen molar-refractivity contribution in [3.8, 4) is 40.1 Å². The highest BCUT2D eigenvalue weighted by Gasteiger charge is 2.18. The van der Waals surface area contributed by atoms with Gasteiger partial charge in [0, 0.05) is 23.0 Å². The van der Waals surface area contributed by atoms with Gasteiger partial charge in [-0.15, -0.1) is 0 Å². The van der Waals surface area contributed by atoms with E-state index in [1.54, 1.807) is 10.7 Å². The molecule has 0 bridgehead atoms. The molecule has 6 heteroatoms. The van der Waals surface area contributed by atoms with Crippen molar-refractivity contribution in [3.05, 3.63) is 96.7 Å². The molecule has 0 radical (unpaired) electrons. The molecule has 0 fully saturated rings. The number of para-hydroxylation sites is 2. The van der Waals surface area contributed by atoms with E-state index in [1.165, 1.54) is 0 Å². The molecule has 5 aromatic rings. The molecule has 2 aromatic heterocycles. The minimum atomic E-state index is 0.410. The van der Waals surface area contributed by atoms with Crippen LogP contribution in [0.3, 0.4) is 0 Å². The third-order valence-corrected chi connectivity index (χ3v) is 4.97. The summed E-state index contributed by atoms with van der Waals surface area (Å²) in [5, 5.41) is 14.6. The van der Waals surface area contributed by atoms with E-state index in [0.717, 1.165) is 22.6 Å². The Labute approximate surface area is 178 Å². The number of nitrogens with zero attached hydrogens (tertiary/aromatic N) is 4.